The van der Waals surface area contributed by atoms with Crippen LogP contribution in [0.4, 0.5) is 0 Å². The van der Waals surface area contributed by atoms with E-state index < -0.39 is 7.12 Å². The summed E-state index contributed by atoms with van der Waals surface area (Å²) in [6, 6.07) is 5.45. The molecule has 1 aromatic rings. The van der Waals surface area contributed by atoms with Crippen LogP contribution in [-0.4, -0.2) is 18.7 Å². The van der Waals surface area contributed by atoms with E-state index in [0.29, 0.717) is 11.6 Å². The maximum absolute atomic E-state index is 9.39. The molecule has 62 valence electrons. The average molecular weight is 182 g/mol. The van der Waals surface area contributed by atoms with Gasteiger partial charge in [0.2, 0.25) is 0 Å². The van der Waals surface area contributed by atoms with E-state index in [1.165, 1.54) is 0 Å². The summed E-state index contributed by atoms with van der Waals surface area (Å²) in [5, 5.41) is 10.1. The lowest BCUT2D eigenvalue weighted by atomic mass is 9.74. The summed E-state index contributed by atoms with van der Waals surface area (Å²) < 4.78 is 5.06. The van der Waals surface area contributed by atoms with Crippen molar-refractivity contribution in [1.29, 1.82) is 0 Å². The molecule has 1 N–H and O–H groups in total. The second-order valence-corrected chi connectivity index (χ2v) is 3.25. The molecule has 0 saturated carbocycles. The Balaban J connectivity index is 2.46. The highest BCUT2D eigenvalue weighted by molar-refractivity contribution is 6.60. The van der Waals surface area contributed by atoms with E-state index in [0.717, 1.165) is 17.4 Å². The number of rotatable bonds is 0. The maximum Gasteiger partial charge on any atom is 0.491 e. The summed E-state index contributed by atoms with van der Waals surface area (Å²) in [5.74, 6) is 0. The quantitative estimate of drug-likeness (QED) is 0.596. The van der Waals surface area contributed by atoms with Crippen LogP contribution in [-0.2, 0) is 11.1 Å². The van der Waals surface area contributed by atoms with Crippen LogP contribution in [0.1, 0.15) is 5.56 Å². The minimum Gasteiger partial charge on any atom is -0.423 e. The predicted molar refractivity (Wildman–Crippen MR) is 48.7 cm³/mol. The van der Waals surface area contributed by atoms with E-state index in [-0.39, 0.29) is 0 Å². The number of fused-ring (bicyclic) bond motifs is 1. The van der Waals surface area contributed by atoms with Crippen molar-refractivity contribution >= 4 is 24.2 Å². The zero-order chi connectivity index (χ0) is 8.55. The molecule has 0 aromatic heterocycles. The van der Waals surface area contributed by atoms with Gasteiger partial charge in [-0.3, -0.25) is 0 Å². The van der Waals surface area contributed by atoms with Crippen molar-refractivity contribution in [3.63, 3.8) is 0 Å². The van der Waals surface area contributed by atoms with Gasteiger partial charge in [0.25, 0.3) is 0 Å². The molecule has 0 aliphatic carbocycles. The Morgan fingerprint density at radius 1 is 1.50 bits per heavy atom. The Hall–Kier alpha value is -0.505. The molecule has 1 heterocycles. The molecule has 2 rings (SSSR count). The lowest BCUT2D eigenvalue weighted by Gasteiger charge is -2.18. The standard InChI is InChI=1S/C8H8BClO2/c10-7-1-2-8-6(5-7)3-4-12-9(8)11/h1-2,5,11H,3-4H2. The van der Waals surface area contributed by atoms with Gasteiger partial charge >= 0.3 is 7.12 Å². The highest BCUT2D eigenvalue weighted by Crippen LogP contribution is 2.13. The third kappa shape index (κ3) is 1.35. The van der Waals surface area contributed by atoms with Crippen LogP contribution < -0.4 is 5.46 Å². The molecule has 0 radical (unpaired) electrons. The van der Waals surface area contributed by atoms with Crippen molar-refractivity contribution in [2.45, 2.75) is 6.42 Å². The molecule has 1 aliphatic rings. The Labute approximate surface area is 76.3 Å². The number of halogens is 1. The molecular weight excluding hydrogens is 174 g/mol. The van der Waals surface area contributed by atoms with E-state index >= 15 is 0 Å². The third-order valence-electron chi connectivity index (χ3n) is 2.02. The van der Waals surface area contributed by atoms with Gasteiger partial charge in [-0.15, -0.1) is 0 Å². The van der Waals surface area contributed by atoms with Crippen molar-refractivity contribution in [3.8, 4) is 0 Å². The van der Waals surface area contributed by atoms with Crippen LogP contribution in [0.15, 0.2) is 18.2 Å². The molecule has 2 nitrogen and oxygen atoms in total. The summed E-state index contributed by atoms with van der Waals surface area (Å²) >= 11 is 5.80. The molecular formula is C8H8BClO2. The smallest absolute Gasteiger partial charge is 0.423 e. The summed E-state index contributed by atoms with van der Waals surface area (Å²) in [7, 11) is -0.772. The van der Waals surface area contributed by atoms with Crippen molar-refractivity contribution in [2.24, 2.45) is 0 Å². The third-order valence-corrected chi connectivity index (χ3v) is 2.25. The Kier molecular flexibility index (Phi) is 2.09. The van der Waals surface area contributed by atoms with Gasteiger partial charge < -0.3 is 9.68 Å². The van der Waals surface area contributed by atoms with E-state index in [9.17, 15) is 5.02 Å². The predicted octanol–water partition coefficient (Wildman–Crippen LogP) is 0.600. The fourth-order valence-corrected chi connectivity index (χ4v) is 1.60. The van der Waals surface area contributed by atoms with E-state index in [1.54, 1.807) is 6.07 Å². The molecule has 4 heteroatoms. The van der Waals surface area contributed by atoms with Gasteiger partial charge in [0.05, 0.1) is 0 Å². The molecule has 0 spiro atoms. The molecule has 0 atom stereocenters. The minimum atomic E-state index is -0.772. The second-order valence-electron chi connectivity index (χ2n) is 2.82. The SMILES string of the molecule is OB1OCCc2cc(Cl)ccc21. The zero-order valence-electron chi connectivity index (χ0n) is 6.46. The first-order valence-corrected chi connectivity index (χ1v) is 4.23. The first kappa shape index (κ1) is 8.11. The largest absolute Gasteiger partial charge is 0.491 e. The maximum atomic E-state index is 9.39. The summed E-state index contributed by atoms with van der Waals surface area (Å²) in [6.07, 6.45) is 0.826. The normalized spacial score (nSPS) is 16.0. The highest BCUT2D eigenvalue weighted by Gasteiger charge is 2.24. The van der Waals surface area contributed by atoms with E-state index in [4.69, 9.17) is 16.3 Å². The lowest BCUT2D eigenvalue weighted by molar-refractivity contribution is 0.266. The van der Waals surface area contributed by atoms with Gasteiger partial charge in [-0.05, 0) is 29.6 Å². The molecule has 0 unspecified atom stereocenters. The molecule has 0 amide bonds. The van der Waals surface area contributed by atoms with Crippen LogP contribution in [0.25, 0.3) is 0 Å². The molecule has 0 saturated heterocycles. The van der Waals surface area contributed by atoms with Crippen LogP contribution in [0.5, 0.6) is 0 Å². The molecule has 0 bridgehead atoms. The van der Waals surface area contributed by atoms with Gasteiger partial charge in [0, 0.05) is 11.6 Å². The van der Waals surface area contributed by atoms with Crippen molar-refractivity contribution in [1.82, 2.24) is 0 Å². The Morgan fingerprint density at radius 3 is 3.17 bits per heavy atom. The lowest BCUT2D eigenvalue weighted by Crippen LogP contribution is -2.41. The number of benzene rings is 1. The van der Waals surface area contributed by atoms with Gasteiger partial charge in [0.1, 0.15) is 0 Å². The van der Waals surface area contributed by atoms with Crippen LogP contribution in [0, 0.1) is 0 Å². The monoisotopic (exact) mass is 182 g/mol. The summed E-state index contributed by atoms with van der Waals surface area (Å²) in [4.78, 5) is 0. The Bertz CT molecular complexity index is 303. The first-order valence-electron chi connectivity index (χ1n) is 3.85. The van der Waals surface area contributed by atoms with Gasteiger partial charge in [0.15, 0.2) is 0 Å². The molecule has 1 aromatic carbocycles. The average Bonchev–Trinajstić information content (AvgIpc) is 2.04. The van der Waals surface area contributed by atoms with E-state index in [2.05, 4.69) is 0 Å². The van der Waals surface area contributed by atoms with Gasteiger partial charge in [-0.1, -0.05) is 17.7 Å². The Morgan fingerprint density at radius 2 is 2.33 bits per heavy atom. The molecule has 0 fully saturated rings. The van der Waals surface area contributed by atoms with Gasteiger partial charge in [-0.2, -0.15) is 0 Å². The second kappa shape index (κ2) is 3.09. The van der Waals surface area contributed by atoms with Crippen molar-refractivity contribution < 1.29 is 9.68 Å². The van der Waals surface area contributed by atoms with E-state index in [1.807, 2.05) is 12.1 Å². The fraction of sp³-hybridized carbons (Fsp3) is 0.250. The van der Waals surface area contributed by atoms with Crippen LogP contribution in [0.3, 0.4) is 0 Å². The summed E-state index contributed by atoms with van der Waals surface area (Å²) in [5.41, 5.74) is 1.92. The number of hydrogen-bond donors (Lipinski definition) is 1. The van der Waals surface area contributed by atoms with Crippen molar-refractivity contribution in [2.75, 3.05) is 6.61 Å². The summed E-state index contributed by atoms with van der Waals surface area (Å²) in [6.45, 7) is 0.564. The van der Waals surface area contributed by atoms with Gasteiger partial charge in [-0.25, -0.2) is 0 Å². The molecule has 1 aliphatic heterocycles. The topological polar surface area (TPSA) is 29.5 Å². The first-order chi connectivity index (χ1) is 5.77. The van der Waals surface area contributed by atoms with Crippen LogP contribution >= 0.6 is 11.6 Å². The van der Waals surface area contributed by atoms with Crippen LogP contribution in [0.2, 0.25) is 5.02 Å². The highest BCUT2D eigenvalue weighted by atomic mass is 35.5. The zero-order valence-corrected chi connectivity index (χ0v) is 7.21. The number of hydrogen-bond acceptors (Lipinski definition) is 2. The fourth-order valence-electron chi connectivity index (χ4n) is 1.40. The molecule has 12 heavy (non-hydrogen) atoms. The minimum absolute atomic E-state index is 0.564. The van der Waals surface area contributed by atoms with Crippen molar-refractivity contribution in [3.05, 3.63) is 28.8 Å².